The highest BCUT2D eigenvalue weighted by Crippen LogP contribution is 2.30. The molecule has 0 bridgehead atoms. The molecule has 2 aromatic carbocycles. The molecule has 0 saturated heterocycles. The van der Waals surface area contributed by atoms with E-state index >= 15 is 0 Å². The van der Waals surface area contributed by atoms with Gasteiger partial charge in [0, 0.05) is 23.8 Å². The summed E-state index contributed by atoms with van der Waals surface area (Å²) in [6.45, 7) is 0. The van der Waals surface area contributed by atoms with Crippen molar-refractivity contribution in [1.82, 2.24) is 4.31 Å². The number of halogens is 1. The fraction of sp³-hybridized carbons (Fsp3) is 0.0714. The number of hydrogen-bond acceptors (Lipinski definition) is 4. The third-order valence-corrected chi connectivity index (χ3v) is 3.91. The van der Waals surface area contributed by atoms with Gasteiger partial charge in [0.2, 0.25) is 0 Å². The fourth-order valence-electron chi connectivity index (χ4n) is 1.61. The number of nitro groups is 1. The summed E-state index contributed by atoms with van der Waals surface area (Å²) in [4.78, 5) is 22.9. The van der Waals surface area contributed by atoms with Crippen LogP contribution in [0.5, 0.6) is 0 Å². The molecular weight excluding hydrogens is 326 g/mol. The van der Waals surface area contributed by atoms with Crippen molar-refractivity contribution in [1.29, 1.82) is 0 Å². The lowest BCUT2D eigenvalue weighted by atomic mass is 10.3. The molecule has 0 aromatic heterocycles. The van der Waals surface area contributed by atoms with Gasteiger partial charge in [0.25, 0.3) is 5.69 Å². The third kappa shape index (κ3) is 4.12. The van der Waals surface area contributed by atoms with Gasteiger partial charge in [-0.25, -0.2) is 4.79 Å². The maximum atomic E-state index is 12.1. The zero-order chi connectivity index (χ0) is 16.1. The number of para-hydroxylation sites is 1. The molecule has 0 spiro atoms. The second kappa shape index (κ2) is 7.15. The van der Waals surface area contributed by atoms with Gasteiger partial charge in [0.05, 0.1) is 4.92 Å². The normalized spacial score (nSPS) is 10.1. The summed E-state index contributed by atoms with van der Waals surface area (Å²) in [5.74, 6) is 0. The predicted molar refractivity (Wildman–Crippen MR) is 87.2 cm³/mol. The zero-order valence-electron chi connectivity index (χ0n) is 11.5. The summed E-state index contributed by atoms with van der Waals surface area (Å²) < 4.78 is 1.29. The minimum Gasteiger partial charge on any atom is -0.307 e. The molecule has 2 aromatic rings. The molecule has 8 heteroatoms. The van der Waals surface area contributed by atoms with Crippen molar-refractivity contribution in [2.24, 2.45) is 0 Å². The lowest BCUT2D eigenvalue weighted by Gasteiger charge is -2.16. The van der Waals surface area contributed by atoms with Gasteiger partial charge in [-0.05, 0) is 42.3 Å². The van der Waals surface area contributed by atoms with E-state index in [1.165, 1.54) is 17.4 Å². The van der Waals surface area contributed by atoms with Crippen molar-refractivity contribution in [2.75, 3.05) is 12.4 Å². The van der Waals surface area contributed by atoms with Crippen molar-refractivity contribution in [3.63, 3.8) is 0 Å². The SMILES string of the molecule is CN(Sc1ccccc1[N+](=O)[O-])C(=O)Nc1ccc(Cl)cc1. The molecule has 0 fully saturated rings. The summed E-state index contributed by atoms with van der Waals surface area (Å²) in [5.41, 5.74) is 0.544. The number of rotatable bonds is 4. The molecule has 114 valence electrons. The molecule has 6 nitrogen and oxygen atoms in total. The minimum atomic E-state index is -0.479. The van der Waals surface area contributed by atoms with E-state index < -0.39 is 11.0 Å². The first-order chi connectivity index (χ1) is 10.5. The molecule has 0 unspecified atom stereocenters. The Labute approximate surface area is 136 Å². The first kappa shape index (κ1) is 16.1. The Kier molecular flexibility index (Phi) is 5.24. The Bertz CT molecular complexity index is 694. The fourth-order valence-corrected chi connectivity index (χ4v) is 2.53. The number of urea groups is 1. The van der Waals surface area contributed by atoms with Crippen molar-refractivity contribution in [2.45, 2.75) is 4.90 Å². The zero-order valence-corrected chi connectivity index (χ0v) is 13.1. The van der Waals surface area contributed by atoms with Gasteiger partial charge >= 0.3 is 6.03 Å². The lowest BCUT2D eigenvalue weighted by molar-refractivity contribution is -0.387. The van der Waals surface area contributed by atoms with Crippen molar-refractivity contribution in [3.05, 3.63) is 63.7 Å². The van der Waals surface area contributed by atoms with Crippen LogP contribution in [-0.4, -0.2) is 22.3 Å². The monoisotopic (exact) mass is 337 g/mol. The van der Waals surface area contributed by atoms with Crippen LogP contribution >= 0.6 is 23.5 Å². The van der Waals surface area contributed by atoms with E-state index in [9.17, 15) is 14.9 Å². The Balaban J connectivity index is 2.05. The Morgan fingerprint density at radius 3 is 2.50 bits per heavy atom. The number of nitrogens with one attached hydrogen (secondary N) is 1. The molecular formula is C14H12ClN3O3S. The summed E-state index contributed by atoms with van der Waals surface area (Å²) in [6, 6.07) is 12.5. The summed E-state index contributed by atoms with van der Waals surface area (Å²) in [7, 11) is 1.53. The number of carbonyl (C=O) groups is 1. The van der Waals surface area contributed by atoms with Crippen LogP contribution in [0.2, 0.25) is 5.02 Å². The van der Waals surface area contributed by atoms with E-state index in [4.69, 9.17) is 11.6 Å². The molecule has 0 atom stereocenters. The van der Waals surface area contributed by atoms with E-state index in [2.05, 4.69) is 5.32 Å². The quantitative estimate of drug-likeness (QED) is 0.509. The van der Waals surface area contributed by atoms with Crippen LogP contribution < -0.4 is 5.32 Å². The van der Waals surface area contributed by atoms with Gasteiger partial charge in [0.1, 0.15) is 4.90 Å². The highest BCUT2D eigenvalue weighted by molar-refractivity contribution is 7.97. The van der Waals surface area contributed by atoms with E-state index in [1.807, 2.05) is 0 Å². The summed E-state index contributed by atoms with van der Waals surface area (Å²) in [5, 5.41) is 14.2. The maximum absolute atomic E-state index is 12.1. The van der Waals surface area contributed by atoms with Gasteiger partial charge in [0.15, 0.2) is 0 Å². The van der Waals surface area contributed by atoms with Crippen LogP contribution in [0, 0.1) is 10.1 Å². The number of nitro benzene ring substituents is 1. The smallest absolute Gasteiger partial charge is 0.307 e. The molecule has 0 aliphatic rings. The number of nitrogens with zero attached hydrogens (tertiary/aromatic N) is 2. The van der Waals surface area contributed by atoms with Crippen LogP contribution in [0.4, 0.5) is 16.2 Å². The molecule has 0 heterocycles. The third-order valence-electron chi connectivity index (χ3n) is 2.68. The average Bonchev–Trinajstić information content (AvgIpc) is 2.49. The number of hydrogen-bond donors (Lipinski definition) is 1. The molecule has 0 saturated carbocycles. The van der Waals surface area contributed by atoms with E-state index in [1.54, 1.807) is 42.5 Å². The van der Waals surface area contributed by atoms with Crippen LogP contribution in [0.25, 0.3) is 0 Å². The van der Waals surface area contributed by atoms with Crippen LogP contribution in [0.3, 0.4) is 0 Å². The second-order valence-electron chi connectivity index (χ2n) is 4.25. The Morgan fingerprint density at radius 1 is 1.23 bits per heavy atom. The highest BCUT2D eigenvalue weighted by Gasteiger charge is 2.18. The van der Waals surface area contributed by atoms with Gasteiger partial charge in [-0.15, -0.1) is 0 Å². The molecule has 22 heavy (non-hydrogen) atoms. The molecule has 2 rings (SSSR count). The van der Waals surface area contributed by atoms with Gasteiger partial charge in [-0.3, -0.25) is 14.4 Å². The molecule has 0 aliphatic heterocycles. The molecule has 2 amide bonds. The standard InChI is InChI=1S/C14H12ClN3O3S/c1-17(14(19)16-11-8-6-10(15)7-9-11)22-13-5-3-2-4-12(13)18(20)21/h2-9H,1H3,(H,16,19). The lowest BCUT2D eigenvalue weighted by Crippen LogP contribution is -2.25. The van der Waals surface area contributed by atoms with E-state index in [0.29, 0.717) is 15.6 Å². The molecule has 0 radical (unpaired) electrons. The van der Waals surface area contributed by atoms with Crippen LogP contribution in [0.15, 0.2) is 53.4 Å². The highest BCUT2D eigenvalue weighted by atomic mass is 35.5. The summed E-state index contributed by atoms with van der Waals surface area (Å²) >= 11 is 6.76. The van der Waals surface area contributed by atoms with Gasteiger partial charge < -0.3 is 5.32 Å². The van der Waals surface area contributed by atoms with Crippen molar-refractivity contribution < 1.29 is 9.72 Å². The number of benzene rings is 2. The molecule has 1 N–H and O–H groups in total. The summed E-state index contributed by atoms with van der Waals surface area (Å²) in [6.07, 6.45) is 0. The van der Waals surface area contributed by atoms with Gasteiger partial charge in [-0.1, -0.05) is 23.7 Å². The second-order valence-corrected chi connectivity index (χ2v) is 5.86. The largest absolute Gasteiger partial charge is 0.331 e. The number of anilines is 1. The first-order valence-corrected chi connectivity index (χ1v) is 7.34. The topological polar surface area (TPSA) is 75.5 Å². The number of carbonyl (C=O) groups excluding carboxylic acids is 1. The minimum absolute atomic E-state index is 0.0429. The predicted octanol–water partition coefficient (Wildman–Crippen LogP) is 4.42. The Hall–Kier alpha value is -2.25. The Morgan fingerprint density at radius 2 is 1.86 bits per heavy atom. The maximum Gasteiger partial charge on any atom is 0.331 e. The van der Waals surface area contributed by atoms with Gasteiger partial charge in [-0.2, -0.15) is 0 Å². The number of amides is 2. The first-order valence-electron chi connectivity index (χ1n) is 6.19. The average molecular weight is 338 g/mol. The van der Waals surface area contributed by atoms with Crippen molar-refractivity contribution >= 4 is 41.0 Å². The van der Waals surface area contributed by atoms with Crippen molar-refractivity contribution in [3.8, 4) is 0 Å². The van der Waals surface area contributed by atoms with Crippen LogP contribution in [0.1, 0.15) is 0 Å². The van der Waals surface area contributed by atoms with Crippen LogP contribution in [-0.2, 0) is 0 Å². The molecule has 0 aliphatic carbocycles. The van der Waals surface area contributed by atoms with E-state index in [0.717, 1.165) is 11.9 Å². The van der Waals surface area contributed by atoms with E-state index in [-0.39, 0.29) is 5.69 Å².